The lowest BCUT2D eigenvalue weighted by molar-refractivity contribution is -0.114. The quantitative estimate of drug-likeness (QED) is 0.115. The Hall–Kier alpha value is -5.28. The van der Waals surface area contributed by atoms with E-state index in [9.17, 15) is 14.4 Å². The van der Waals surface area contributed by atoms with Gasteiger partial charge in [-0.3, -0.25) is 14.4 Å². The molecule has 0 spiro atoms. The van der Waals surface area contributed by atoms with Gasteiger partial charge in [-0.25, -0.2) is 0 Å². The van der Waals surface area contributed by atoms with Crippen LogP contribution in [0, 0.1) is 0 Å². The van der Waals surface area contributed by atoms with E-state index >= 15 is 0 Å². The van der Waals surface area contributed by atoms with Gasteiger partial charge in [0.05, 0.1) is 12.9 Å². The van der Waals surface area contributed by atoms with Crippen LogP contribution in [0.25, 0.3) is 17.0 Å². The van der Waals surface area contributed by atoms with E-state index < -0.39 is 11.8 Å². The van der Waals surface area contributed by atoms with E-state index in [4.69, 9.17) is 4.74 Å². The summed E-state index contributed by atoms with van der Waals surface area (Å²) in [5.41, 5.74) is 3.40. The van der Waals surface area contributed by atoms with Crippen LogP contribution in [0.15, 0.2) is 120 Å². The van der Waals surface area contributed by atoms with Crippen molar-refractivity contribution in [3.05, 3.63) is 126 Å². The van der Waals surface area contributed by atoms with E-state index in [1.165, 1.54) is 11.8 Å². The molecule has 8 nitrogen and oxygen atoms in total. The number of methoxy groups -OCH3 is 1. The molecule has 9 heteroatoms. The van der Waals surface area contributed by atoms with Crippen LogP contribution in [0.4, 0.5) is 11.4 Å². The van der Waals surface area contributed by atoms with E-state index in [0.717, 1.165) is 21.4 Å². The minimum atomic E-state index is -0.482. The predicted octanol–water partition coefficient (Wildman–Crippen LogP) is 6.32. The summed E-state index contributed by atoms with van der Waals surface area (Å²) in [4.78, 5) is 42.9. The first-order chi connectivity index (χ1) is 20.5. The average molecular weight is 577 g/mol. The zero-order valence-electron chi connectivity index (χ0n) is 22.7. The van der Waals surface area contributed by atoms with Gasteiger partial charge in [0.1, 0.15) is 11.4 Å². The summed E-state index contributed by atoms with van der Waals surface area (Å²) in [5.74, 6) is -0.150. The topological polar surface area (TPSA) is 112 Å². The summed E-state index contributed by atoms with van der Waals surface area (Å²) in [6.07, 6.45) is 3.44. The molecule has 1 heterocycles. The number of nitrogens with one attached hydrogen (secondary N) is 4. The molecule has 210 valence electrons. The van der Waals surface area contributed by atoms with Gasteiger partial charge in [0, 0.05) is 44.5 Å². The summed E-state index contributed by atoms with van der Waals surface area (Å²) in [7, 11) is 1.59. The number of carbonyl (C=O) groups excluding carboxylic acids is 3. The smallest absolute Gasteiger partial charge is 0.272 e. The Balaban J connectivity index is 1.29. The van der Waals surface area contributed by atoms with Crippen molar-refractivity contribution in [1.29, 1.82) is 0 Å². The molecular formula is C33H28N4O4S. The molecule has 3 amide bonds. The molecule has 0 radical (unpaired) electrons. The van der Waals surface area contributed by atoms with Gasteiger partial charge in [-0.2, -0.15) is 0 Å². The van der Waals surface area contributed by atoms with Gasteiger partial charge in [-0.05, 0) is 66.7 Å². The van der Waals surface area contributed by atoms with Gasteiger partial charge in [-0.15, -0.1) is 11.8 Å². The molecule has 0 saturated heterocycles. The molecule has 1 aromatic heterocycles. The maximum atomic E-state index is 13.5. The fraction of sp³-hybridized carbons (Fsp3) is 0.0606. The third-order valence-electron chi connectivity index (χ3n) is 6.29. The predicted molar refractivity (Wildman–Crippen MR) is 168 cm³/mol. The Bertz CT molecular complexity index is 1750. The number of anilines is 2. The highest BCUT2D eigenvalue weighted by atomic mass is 32.2. The standard InChI is InChI=1S/C33H28N4O4S/c1-41-26-16-14-24(15-17-26)35-31(38)21-42-27-11-7-10-25(19-27)36-33(40)30(37-32(39)22-8-3-2-4-9-22)18-23-20-34-29-13-6-5-12-28(23)29/h2-20,34H,21H2,1H3,(H,35,38)(H,36,40)(H,37,39)/b30-18-. The molecule has 4 N–H and O–H groups in total. The first kappa shape index (κ1) is 28.3. The monoisotopic (exact) mass is 576 g/mol. The van der Waals surface area contributed by atoms with Crippen LogP contribution in [0.1, 0.15) is 15.9 Å². The van der Waals surface area contributed by atoms with Crippen molar-refractivity contribution in [3.63, 3.8) is 0 Å². The summed E-state index contributed by atoms with van der Waals surface area (Å²) < 4.78 is 5.14. The molecule has 0 aliphatic heterocycles. The largest absolute Gasteiger partial charge is 0.497 e. The Kier molecular flexibility index (Phi) is 9.00. The molecule has 0 aliphatic rings. The lowest BCUT2D eigenvalue weighted by Crippen LogP contribution is -2.30. The third-order valence-corrected chi connectivity index (χ3v) is 7.28. The van der Waals surface area contributed by atoms with Gasteiger partial charge < -0.3 is 25.7 Å². The second-order valence-corrected chi connectivity index (χ2v) is 10.3. The van der Waals surface area contributed by atoms with Crippen molar-refractivity contribution in [1.82, 2.24) is 10.3 Å². The number of fused-ring (bicyclic) bond motifs is 1. The summed E-state index contributed by atoms with van der Waals surface area (Å²) in [6.45, 7) is 0. The fourth-order valence-electron chi connectivity index (χ4n) is 4.19. The van der Waals surface area contributed by atoms with E-state index in [-0.39, 0.29) is 17.4 Å². The molecular weight excluding hydrogens is 548 g/mol. The minimum Gasteiger partial charge on any atom is -0.497 e. The Morgan fingerprint density at radius 2 is 1.60 bits per heavy atom. The molecule has 0 unspecified atom stereocenters. The summed E-state index contributed by atoms with van der Waals surface area (Å²) in [5, 5.41) is 9.43. The highest BCUT2D eigenvalue weighted by Gasteiger charge is 2.16. The van der Waals surface area contributed by atoms with E-state index in [2.05, 4.69) is 20.9 Å². The number of amides is 3. The number of carbonyl (C=O) groups is 3. The molecule has 5 aromatic rings. The van der Waals surface area contributed by atoms with Crippen molar-refractivity contribution < 1.29 is 19.1 Å². The van der Waals surface area contributed by atoms with Crippen molar-refractivity contribution in [2.45, 2.75) is 4.90 Å². The molecule has 42 heavy (non-hydrogen) atoms. The number of para-hydroxylation sites is 1. The van der Waals surface area contributed by atoms with Crippen molar-refractivity contribution in [2.24, 2.45) is 0 Å². The maximum Gasteiger partial charge on any atom is 0.272 e. The molecule has 0 bridgehead atoms. The lowest BCUT2D eigenvalue weighted by Gasteiger charge is -2.12. The number of ether oxygens (including phenoxy) is 1. The number of thioether (sulfide) groups is 1. The van der Waals surface area contributed by atoms with Crippen LogP contribution in [0.3, 0.4) is 0 Å². The van der Waals surface area contributed by atoms with Crippen molar-refractivity contribution >= 4 is 57.8 Å². The van der Waals surface area contributed by atoms with Crippen molar-refractivity contribution in [2.75, 3.05) is 23.5 Å². The summed E-state index contributed by atoms with van der Waals surface area (Å²) in [6, 6.07) is 30.7. The highest BCUT2D eigenvalue weighted by molar-refractivity contribution is 8.00. The number of rotatable bonds is 10. The Labute approximate surface area is 247 Å². The van der Waals surface area contributed by atoms with Crippen LogP contribution in [0.5, 0.6) is 5.75 Å². The molecule has 5 rings (SSSR count). The molecule has 0 atom stereocenters. The van der Waals surface area contributed by atoms with Gasteiger partial charge in [-0.1, -0.05) is 42.5 Å². The number of benzene rings is 4. The number of aromatic amines is 1. The fourth-order valence-corrected chi connectivity index (χ4v) is 4.95. The third kappa shape index (κ3) is 7.26. The average Bonchev–Trinajstić information content (AvgIpc) is 3.43. The molecule has 0 aliphatic carbocycles. The van der Waals surface area contributed by atoms with Crippen LogP contribution >= 0.6 is 11.8 Å². The van der Waals surface area contributed by atoms with E-state index in [1.54, 1.807) is 86.1 Å². The zero-order valence-corrected chi connectivity index (χ0v) is 23.5. The minimum absolute atomic E-state index is 0.0885. The number of hydrogen-bond acceptors (Lipinski definition) is 5. The molecule has 4 aromatic carbocycles. The van der Waals surface area contributed by atoms with Crippen LogP contribution in [-0.4, -0.2) is 35.6 Å². The van der Waals surface area contributed by atoms with Gasteiger partial charge in [0.15, 0.2) is 0 Å². The Morgan fingerprint density at radius 1 is 0.833 bits per heavy atom. The number of H-pyrrole nitrogens is 1. The van der Waals surface area contributed by atoms with Crippen LogP contribution in [-0.2, 0) is 9.59 Å². The zero-order chi connectivity index (χ0) is 29.3. The first-order valence-corrected chi connectivity index (χ1v) is 14.1. The van der Waals surface area contributed by atoms with E-state index in [1.807, 2.05) is 36.4 Å². The number of aromatic nitrogens is 1. The number of hydrogen-bond donors (Lipinski definition) is 4. The van der Waals surface area contributed by atoms with Gasteiger partial charge in [0.2, 0.25) is 5.91 Å². The highest BCUT2D eigenvalue weighted by Crippen LogP contribution is 2.24. The van der Waals surface area contributed by atoms with E-state index in [0.29, 0.717) is 22.7 Å². The first-order valence-electron chi connectivity index (χ1n) is 13.1. The summed E-state index contributed by atoms with van der Waals surface area (Å²) >= 11 is 1.34. The second kappa shape index (κ2) is 13.4. The lowest BCUT2D eigenvalue weighted by atomic mass is 10.1. The van der Waals surface area contributed by atoms with Gasteiger partial charge in [0.25, 0.3) is 11.8 Å². The molecule has 0 fully saturated rings. The molecule has 0 saturated carbocycles. The normalized spacial score (nSPS) is 11.1. The van der Waals surface area contributed by atoms with Crippen molar-refractivity contribution in [3.8, 4) is 5.75 Å². The maximum absolute atomic E-state index is 13.5. The van der Waals surface area contributed by atoms with Crippen LogP contribution < -0.4 is 20.7 Å². The van der Waals surface area contributed by atoms with Crippen LogP contribution in [0.2, 0.25) is 0 Å². The second-order valence-electron chi connectivity index (χ2n) is 9.22. The van der Waals surface area contributed by atoms with Gasteiger partial charge >= 0.3 is 0 Å². The Morgan fingerprint density at radius 3 is 2.38 bits per heavy atom. The SMILES string of the molecule is COc1ccc(NC(=O)CSc2cccc(NC(=O)/C(=C/c3c[nH]c4ccccc34)NC(=O)c3ccccc3)c2)cc1.